The summed E-state index contributed by atoms with van der Waals surface area (Å²) in [6.07, 6.45) is -2.26. The van der Waals surface area contributed by atoms with Crippen molar-refractivity contribution in [1.29, 1.82) is 0 Å². The van der Waals surface area contributed by atoms with Crippen molar-refractivity contribution in [2.24, 2.45) is 5.73 Å². The molecule has 1 aliphatic rings. The fraction of sp³-hybridized carbons (Fsp3) is 0.194. The lowest BCUT2D eigenvalue weighted by Crippen LogP contribution is -2.38. The second-order valence-electron chi connectivity index (χ2n) is 9.72. The van der Waals surface area contributed by atoms with Crippen LogP contribution in [-0.2, 0) is 23.9 Å². The Morgan fingerprint density at radius 1 is 1.02 bits per heavy atom. The predicted octanol–water partition coefficient (Wildman–Crippen LogP) is 5.58. The first-order valence-electron chi connectivity index (χ1n) is 12.7. The molecule has 0 saturated carbocycles. The SMILES string of the molecule is Cc1cccc(C(=O)Oc2ccc3c(c2)CC(NCc2ccccn2)C3C(N)=O)c1-c1ccc(C(F)(F)F)cc1. The van der Waals surface area contributed by atoms with E-state index in [-0.39, 0.29) is 17.4 Å². The van der Waals surface area contributed by atoms with Gasteiger partial charge in [-0.1, -0.05) is 36.4 Å². The van der Waals surface area contributed by atoms with Gasteiger partial charge in [0.2, 0.25) is 5.91 Å². The van der Waals surface area contributed by atoms with Gasteiger partial charge < -0.3 is 15.8 Å². The summed E-state index contributed by atoms with van der Waals surface area (Å²) in [5.41, 5.74) is 9.32. The molecule has 0 aliphatic heterocycles. The number of benzene rings is 3. The molecule has 0 radical (unpaired) electrons. The Balaban J connectivity index is 1.37. The molecule has 3 N–H and O–H groups in total. The van der Waals surface area contributed by atoms with Crippen LogP contribution in [0.15, 0.2) is 85.1 Å². The van der Waals surface area contributed by atoms with E-state index >= 15 is 0 Å². The first-order chi connectivity index (χ1) is 19.1. The zero-order chi connectivity index (χ0) is 28.4. The van der Waals surface area contributed by atoms with Crippen LogP contribution in [0.5, 0.6) is 5.75 Å². The van der Waals surface area contributed by atoms with Crippen molar-refractivity contribution in [3.05, 3.63) is 119 Å². The molecule has 6 nitrogen and oxygen atoms in total. The number of ether oxygens (including phenoxy) is 1. The van der Waals surface area contributed by atoms with Gasteiger partial charge in [0.05, 0.1) is 22.7 Å². The molecule has 1 heterocycles. The molecule has 3 aromatic carbocycles. The van der Waals surface area contributed by atoms with Gasteiger partial charge in [-0.05, 0) is 83.6 Å². The molecule has 1 amide bonds. The highest BCUT2D eigenvalue weighted by Crippen LogP contribution is 2.37. The minimum Gasteiger partial charge on any atom is -0.423 e. The fourth-order valence-electron chi connectivity index (χ4n) is 5.19. The van der Waals surface area contributed by atoms with E-state index in [2.05, 4.69) is 10.3 Å². The standard InChI is InChI=1S/C31H26F3N3O3/c1-18-5-4-7-25(27(18)19-8-10-21(11-9-19)31(32,33)34)30(39)40-23-12-13-24-20(15-23)16-26(28(24)29(35)38)37-17-22-6-2-3-14-36-22/h2-15,26,28,37H,16-17H2,1H3,(H2,35,38). The molecule has 2 atom stereocenters. The monoisotopic (exact) mass is 545 g/mol. The molecule has 0 spiro atoms. The van der Waals surface area contributed by atoms with E-state index in [0.29, 0.717) is 29.7 Å². The molecule has 2 unspecified atom stereocenters. The molecular weight excluding hydrogens is 519 g/mol. The summed E-state index contributed by atoms with van der Waals surface area (Å²) in [7, 11) is 0. The maximum Gasteiger partial charge on any atom is 0.416 e. The average Bonchev–Trinajstić information content (AvgIpc) is 3.30. The van der Waals surface area contributed by atoms with Gasteiger partial charge in [0.15, 0.2) is 0 Å². The maximum absolute atomic E-state index is 13.3. The lowest BCUT2D eigenvalue weighted by molar-refractivity contribution is -0.137. The number of amides is 1. The molecule has 5 rings (SSSR count). The van der Waals surface area contributed by atoms with Crippen molar-refractivity contribution in [2.45, 2.75) is 38.0 Å². The summed E-state index contributed by atoms with van der Waals surface area (Å²) in [5.74, 6) is -1.36. The largest absolute Gasteiger partial charge is 0.423 e. The van der Waals surface area contributed by atoms with Gasteiger partial charge in [-0.25, -0.2) is 4.79 Å². The summed E-state index contributed by atoms with van der Waals surface area (Å²) in [4.78, 5) is 29.9. The van der Waals surface area contributed by atoms with Gasteiger partial charge >= 0.3 is 12.1 Å². The number of hydrogen-bond acceptors (Lipinski definition) is 5. The third-order valence-electron chi connectivity index (χ3n) is 7.07. The molecule has 0 saturated heterocycles. The smallest absolute Gasteiger partial charge is 0.416 e. The summed E-state index contributed by atoms with van der Waals surface area (Å²) >= 11 is 0. The van der Waals surface area contributed by atoms with E-state index < -0.39 is 29.5 Å². The van der Waals surface area contributed by atoms with Gasteiger partial charge in [0, 0.05) is 18.8 Å². The number of fused-ring (bicyclic) bond motifs is 1. The third-order valence-corrected chi connectivity index (χ3v) is 7.07. The number of nitrogens with two attached hydrogens (primary N) is 1. The first-order valence-corrected chi connectivity index (χ1v) is 12.7. The zero-order valence-electron chi connectivity index (χ0n) is 21.5. The second-order valence-corrected chi connectivity index (χ2v) is 9.72. The summed E-state index contributed by atoms with van der Waals surface area (Å²) < 4.78 is 44.9. The normalized spacial score (nSPS) is 16.4. The highest BCUT2D eigenvalue weighted by molar-refractivity contribution is 5.99. The van der Waals surface area contributed by atoms with Gasteiger partial charge in [-0.3, -0.25) is 9.78 Å². The molecule has 40 heavy (non-hydrogen) atoms. The van der Waals surface area contributed by atoms with Crippen LogP contribution in [0.25, 0.3) is 11.1 Å². The number of carbonyl (C=O) groups excluding carboxylic acids is 2. The number of primary amides is 1. The quantitative estimate of drug-likeness (QED) is 0.234. The molecule has 1 aliphatic carbocycles. The molecule has 1 aromatic heterocycles. The summed E-state index contributed by atoms with van der Waals surface area (Å²) in [6.45, 7) is 2.24. The van der Waals surface area contributed by atoms with Crippen molar-refractivity contribution in [1.82, 2.24) is 10.3 Å². The number of esters is 1. The van der Waals surface area contributed by atoms with E-state index in [9.17, 15) is 22.8 Å². The number of aromatic nitrogens is 1. The van der Waals surface area contributed by atoms with Crippen LogP contribution in [0.4, 0.5) is 13.2 Å². The topological polar surface area (TPSA) is 94.3 Å². The molecule has 0 bridgehead atoms. The third kappa shape index (κ3) is 5.60. The predicted molar refractivity (Wildman–Crippen MR) is 144 cm³/mol. The van der Waals surface area contributed by atoms with E-state index in [1.165, 1.54) is 12.1 Å². The number of halogens is 3. The van der Waals surface area contributed by atoms with Crippen LogP contribution in [0.2, 0.25) is 0 Å². The number of nitrogens with zero attached hydrogens (tertiary/aromatic N) is 1. The number of pyridine rings is 1. The lowest BCUT2D eigenvalue weighted by Gasteiger charge is -2.18. The number of carbonyl (C=O) groups is 2. The van der Waals surface area contributed by atoms with E-state index in [4.69, 9.17) is 10.5 Å². The van der Waals surface area contributed by atoms with Gasteiger partial charge in [-0.15, -0.1) is 0 Å². The van der Waals surface area contributed by atoms with Crippen LogP contribution < -0.4 is 15.8 Å². The molecular formula is C31H26F3N3O3. The Morgan fingerprint density at radius 2 is 1.80 bits per heavy atom. The number of hydrogen-bond donors (Lipinski definition) is 2. The highest BCUT2D eigenvalue weighted by Gasteiger charge is 2.36. The maximum atomic E-state index is 13.3. The Hall–Kier alpha value is -4.50. The number of alkyl halides is 3. The number of rotatable bonds is 7. The van der Waals surface area contributed by atoms with E-state index in [1.807, 2.05) is 18.2 Å². The molecule has 0 fully saturated rings. The molecule has 9 heteroatoms. The van der Waals surface area contributed by atoms with Crippen molar-refractivity contribution in [3.8, 4) is 16.9 Å². The Bertz CT molecular complexity index is 1550. The molecule has 4 aromatic rings. The van der Waals surface area contributed by atoms with E-state index in [1.54, 1.807) is 49.5 Å². The Labute approximate surface area is 229 Å². The second kappa shape index (κ2) is 10.9. The van der Waals surface area contributed by atoms with Crippen molar-refractivity contribution in [3.63, 3.8) is 0 Å². The van der Waals surface area contributed by atoms with Crippen LogP contribution in [0, 0.1) is 6.92 Å². The zero-order valence-corrected chi connectivity index (χ0v) is 21.5. The number of aryl methyl sites for hydroxylation is 1. The molecule has 204 valence electrons. The summed E-state index contributed by atoms with van der Waals surface area (Å²) in [5, 5.41) is 3.37. The van der Waals surface area contributed by atoms with Gasteiger partial charge in [-0.2, -0.15) is 13.2 Å². The van der Waals surface area contributed by atoms with Crippen molar-refractivity contribution < 1.29 is 27.5 Å². The van der Waals surface area contributed by atoms with Crippen LogP contribution in [0.1, 0.15) is 44.2 Å². The van der Waals surface area contributed by atoms with Crippen molar-refractivity contribution in [2.75, 3.05) is 0 Å². The van der Waals surface area contributed by atoms with Crippen LogP contribution in [0.3, 0.4) is 0 Å². The highest BCUT2D eigenvalue weighted by atomic mass is 19.4. The van der Waals surface area contributed by atoms with Gasteiger partial charge in [0.25, 0.3) is 0 Å². The van der Waals surface area contributed by atoms with E-state index in [0.717, 1.165) is 29.0 Å². The Morgan fingerprint density at radius 3 is 2.48 bits per heavy atom. The fourth-order valence-corrected chi connectivity index (χ4v) is 5.19. The summed E-state index contributed by atoms with van der Waals surface area (Å²) in [6, 6.07) is 20.1. The minimum absolute atomic E-state index is 0.227. The average molecular weight is 546 g/mol. The van der Waals surface area contributed by atoms with Crippen LogP contribution >= 0.6 is 0 Å². The minimum atomic E-state index is -4.46. The lowest BCUT2D eigenvalue weighted by atomic mass is 9.94. The first kappa shape index (κ1) is 27.1. The van der Waals surface area contributed by atoms with Crippen molar-refractivity contribution >= 4 is 11.9 Å². The van der Waals surface area contributed by atoms with Crippen LogP contribution in [-0.4, -0.2) is 22.9 Å². The Kier molecular flexibility index (Phi) is 7.40. The number of nitrogens with one attached hydrogen (secondary N) is 1. The van der Waals surface area contributed by atoms with Gasteiger partial charge in [0.1, 0.15) is 5.75 Å².